The van der Waals surface area contributed by atoms with E-state index in [0.717, 1.165) is 25.3 Å². The third-order valence-corrected chi connectivity index (χ3v) is 5.39. The molecule has 0 aromatic heterocycles. The van der Waals surface area contributed by atoms with Gasteiger partial charge in [-0.1, -0.05) is 38.3 Å². The van der Waals surface area contributed by atoms with E-state index in [2.05, 4.69) is 19.2 Å². The molecule has 1 aromatic rings. The lowest BCUT2D eigenvalue weighted by molar-refractivity contribution is -0.384. The minimum atomic E-state index is -0.998. The number of ether oxygens (including phenoxy) is 1. The van der Waals surface area contributed by atoms with E-state index in [9.17, 15) is 19.7 Å². The van der Waals surface area contributed by atoms with Crippen molar-refractivity contribution in [1.29, 1.82) is 0 Å². The Kier molecular flexibility index (Phi) is 6.58. The number of halogens is 1. The first-order chi connectivity index (χ1) is 12.2. The third kappa shape index (κ3) is 4.72. The molecule has 2 rings (SSSR count). The summed E-state index contributed by atoms with van der Waals surface area (Å²) in [6.45, 7) is 5.76. The molecule has 1 aliphatic rings. The van der Waals surface area contributed by atoms with Crippen LogP contribution < -0.4 is 5.32 Å². The molecule has 26 heavy (non-hydrogen) atoms. The van der Waals surface area contributed by atoms with Crippen LogP contribution in [0.15, 0.2) is 18.2 Å². The second kappa shape index (κ2) is 8.49. The fourth-order valence-electron chi connectivity index (χ4n) is 3.15. The second-order valence-corrected chi connectivity index (χ2v) is 7.26. The van der Waals surface area contributed by atoms with Gasteiger partial charge in [0, 0.05) is 12.1 Å². The smallest absolute Gasteiger partial charge is 0.339 e. The molecule has 0 heterocycles. The minimum Gasteiger partial charge on any atom is -0.449 e. The van der Waals surface area contributed by atoms with Gasteiger partial charge in [-0.25, -0.2) is 4.79 Å². The third-order valence-electron chi connectivity index (χ3n) is 5.07. The van der Waals surface area contributed by atoms with E-state index >= 15 is 0 Å². The summed E-state index contributed by atoms with van der Waals surface area (Å²) in [5.74, 6) is -0.290. The summed E-state index contributed by atoms with van der Waals surface area (Å²) in [7, 11) is 0. The van der Waals surface area contributed by atoms with E-state index < -0.39 is 17.0 Å². The predicted octanol–water partition coefficient (Wildman–Crippen LogP) is 3.73. The summed E-state index contributed by atoms with van der Waals surface area (Å²) >= 11 is 5.73. The summed E-state index contributed by atoms with van der Waals surface area (Å²) in [6.07, 6.45) is 2.11. The summed E-state index contributed by atoms with van der Waals surface area (Å²) in [5.41, 5.74) is -0.413. The number of carbonyl (C=O) groups excluding carboxylic acids is 2. The standard InChI is InChI=1S/C18H23ClN2O5/c1-10-5-4-6-15(11(10)2)20-17(22)12(3)26-18(23)13-7-8-14(19)16(9-13)21(24)25/h7-12,15H,4-6H2,1-3H3,(H,20,22)/t10-,11-,12-,15-/m1/s1. The Morgan fingerprint density at radius 1 is 1.35 bits per heavy atom. The topological polar surface area (TPSA) is 98.5 Å². The average molecular weight is 383 g/mol. The molecule has 0 aliphatic heterocycles. The zero-order valence-electron chi connectivity index (χ0n) is 15.0. The van der Waals surface area contributed by atoms with E-state index in [4.69, 9.17) is 16.3 Å². The highest BCUT2D eigenvalue weighted by Gasteiger charge is 2.30. The van der Waals surface area contributed by atoms with Crippen molar-refractivity contribution in [3.8, 4) is 0 Å². The number of esters is 1. The van der Waals surface area contributed by atoms with Crippen molar-refractivity contribution in [2.75, 3.05) is 0 Å². The number of rotatable bonds is 5. The van der Waals surface area contributed by atoms with E-state index in [1.807, 2.05) is 0 Å². The van der Waals surface area contributed by atoms with Crippen molar-refractivity contribution in [2.24, 2.45) is 11.8 Å². The van der Waals surface area contributed by atoms with Crippen molar-refractivity contribution in [1.82, 2.24) is 5.32 Å². The van der Waals surface area contributed by atoms with Crippen molar-refractivity contribution in [3.05, 3.63) is 38.9 Å². The number of amides is 1. The first-order valence-corrected chi connectivity index (χ1v) is 9.03. The van der Waals surface area contributed by atoms with Crippen LogP contribution in [-0.4, -0.2) is 28.9 Å². The van der Waals surface area contributed by atoms with Gasteiger partial charge in [-0.15, -0.1) is 0 Å². The molecule has 7 nitrogen and oxygen atoms in total. The average Bonchev–Trinajstić information content (AvgIpc) is 2.58. The van der Waals surface area contributed by atoms with Crippen LogP contribution in [0, 0.1) is 22.0 Å². The number of nitrogens with zero attached hydrogens (tertiary/aromatic N) is 1. The lowest BCUT2D eigenvalue weighted by Crippen LogP contribution is -2.47. The molecular formula is C18H23ClN2O5. The summed E-state index contributed by atoms with van der Waals surface area (Å²) in [6, 6.07) is 3.68. The number of hydrogen-bond donors (Lipinski definition) is 1. The van der Waals surface area contributed by atoms with E-state index in [0.29, 0.717) is 11.8 Å². The van der Waals surface area contributed by atoms with Gasteiger partial charge in [0.25, 0.3) is 11.6 Å². The zero-order chi connectivity index (χ0) is 19.4. The maximum absolute atomic E-state index is 12.3. The Labute approximate surface area is 157 Å². The summed E-state index contributed by atoms with van der Waals surface area (Å²) in [4.78, 5) is 34.8. The molecule has 4 atom stereocenters. The first kappa shape index (κ1) is 20.2. The number of nitro benzene ring substituents is 1. The maximum Gasteiger partial charge on any atom is 0.339 e. The Hall–Kier alpha value is -2.15. The van der Waals surface area contributed by atoms with Crippen LogP contribution in [0.5, 0.6) is 0 Å². The number of hydrogen-bond acceptors (Lipinski definition) is 5. The molecule has 142 valence electrons. The van der Waals surface area contributed by atoms with Crippen LogP contribution >= 0.6 is 11.6 Å². The largest absolute Gasteiger partial charge is 0.449 e. The van der Waals surface area contributed by atoms with Gasteiger partial charge < -0.3 is 10.1 Å². The molecule has 8 heteroatoms. The van der Waals surface area contributed by atoms with E-state index in [1.165, 1.54) is 19.1 Å². The van der Waals surface area contributed by atoms with Gasteiger partial charge in [-0.2, -0.15) is 0 Å². The fraction of sp³-hybridized carbons (Fsp3) is 0.556. The van der Waals surface area contributed by atoms with Crippen LogP contribution in [0.25, 0.3) is 0 Å². The predicted molar refractivity (Wildman–Crippen MR) is 97.1 cm³/mol. The van der Waals surface area contributed by atoms with E-state index in [-0.39, 0.29) is 28.2 Å². The molecule has 0 bridgehead atoms. The lowest BCUT2D eigenvalue weighted by Gasteiger charge is -2.35. The van der Waals surface area contributed by atoms with Crippen LogP contribution in [0.4, 0.5) is 5.69 Å². The highest BCUT2D eigenvalue weighted by Crippen LogP contribution is 2.29. The Morgan fingerprint density at radius 2 is 2.04 bits per heavy atom. The Bertz CT molecular complexity index is 709. The SMILES string of the molecule is C[C@@H]1[C@H](C)CCC[C@H]1NC(=O)[C@@H](C)OC(=O)c1ccc(Cl)c([N+](=O)[O-])c1. The fourth-order valence-corrected chi connectivity index (χ4v) is 3.33. The second-order valence-electron chi connectivity index (χ2n) is 6.85. The van der Waals surface area contributed by atoms with Gasteiger partial charge in [0.15, 0.2) is 6.10 Å². The van der Waals surface area contributed by atoms with Gasteiger partial charge >= 0.3 is 5.97 Å². The number of carbonyl (C=O) groups is 2. The van der Waals surface area contributed by atoms with Crippen molar-refractivity contribution in [3.63, 3.8) is 0 Å². The maximum atomic E-state index is 12.3. The summed E-state index contributed by atoms with van der Waals surface area (Å²) in [5, 5.41) is 13.8. The van der Waals surface area contributed by atoms with Gasteiger partial charge in [0.1, 0.15) is 5.02 Å². The Balaban J connectivity index is 1.99. The van der Waals surface area contributed by atoms with Crippen molar-refractivity contribution >= 4 is 29.2 Å². The van der Waals surface area contributed by atoms with Gasteiger partial charge in [-0.3, -0.25) is 14.9 Å². The molecule has 1 fully saturated rings. The molecule has 0 spiro atoms. The van der Waals surface area contributed by atoms with Crippen molar-refractivity contribution < 1.29 is 19.2 Å². The zero-order valence-corrected chi connectivity index (χ0v) is 15.8. The minimum absolute atomic E-state index is 0.0274. The highest BCUT2D eigenvalue weighted by molar-refractivity contribution is 6.32. The molecule has 1 amide bonds. The number of nitro groups is 1. The van der Waals surface area contributed by atoms with Gasteiger partial charge in [0.05, 0.1) is 10.5 Å². The quantitative estimate of drug-likeness (QED) is 0.475. The van der Waals surface area contributed by atoms with Crippen molar-refractivity contribution in [2.45, 2.75) is 52.2 Å². The van der Waals surface area contributed by atoms with Crippen LogP contribution in [0.1, 0.15) is 50.4 Å². The lowest BCUT2D eigenvalue weighted by atomic mass is 9.78. The molecule has 0 saturated heterocycles. The molecule has 1 aliphatic carbocycles. The molecule has 1 aromatic carbocycles. The van der Waals surface area contributed by atoms with Crippen LogP contribution in [0.2, 0.25) is 5.02 Å². The monoisotopic (exact) mass is 382 g/mol. The molecule has 0 radical (unpaired) electrons. The Morgan fingerprint density at radius 3 is 2.69 bits per heavy atom. The van der Waals surface area contributed by atoms with E-state index in [1.54, 1.807) is 0 Å². The molecule has 1 N–H and O–H groups in total. The first-order valence-electron chi connectivity index (χ1n) is 8.66. The van der Waals surface area contributed by atoms with Crippen LogP contribution in [-0.2, 0) is 9.53 Å². The van der Waals surface area contributed by atoms with Crippen LogP contribution in [0.3, 0.4) is 0 Å². The van der Waals surface area contributed by atoms with Gasteiger partial charge in [0.2, 0.25) is 0 Å². The molecule has 0 unspecified atom stereocenters. The normalized spacial score (nSPS) is 23.8. The highest BCUT2D eigenvalue weighted by atomic mass is 35.5. The summed E-state index contributed by atoms with van der Waals surface area (Å²) < 4.78 is 5.16. The number of benzene rings is 1. The molecular weight excluding hydrogens is 360 g/mol. The number of nitrogens with one attached hydrogen (secondary N) is 1. The molecule has 1 saturated carbocycles. The van der Waals surface area contributed by atoms with Gasteiger partial charge in [-0.05, 0) is 37.3 Å².